The molecule has 1 unspecified atom stereocenters. The van der Waals surface area contributed by atoms with Crippen LogP contribution in [0.15, 0.2) is 12.1 Å². The molecule has 1 N–H and O–H groups in total. The highest BCUT2D eigenvalue weighted by Crippen LogP contribution is 2.18. The SMILES string of the molecule is CC1(NC(=O)c2ccc(Cl)nn2)CCCOC1. The quantitative estimate of drug-likeness (QED) is 0.868. The molecule has 1 aromatic heterocycles. The Morgan fingerprint density at radius 3 is 2.94 bits per heavy atom. The molecule has 6 heteroatoms. The molecule has 0 bridgehead atoms. The van der Waals surface area contributed by atoms with Gasteiger partial charge in [-0.25, -0.2) is 0 Å². The van der Waals surface area contributed by atoms with Crippen molar-refractivity contribution in [3.05, 3.63) is 23.0 Å². The monoisotopic (exact) mass is 255 g/mol. The summed E-state index contributed by atoms with van der Waals surface area (Å²) in [5.41, 5.74) is -0.0578. The van der Waals surface area contributed by atoms with Crippen LogP contribution in [0, 0.1) is 0 Å². The first-order valence-corrected chi connectivity index (χ1v) is 5.86. The Hall–Kier alpha value is -1.20. The van der Waals surface area contributed by atoms with Crippen LogP contribution in [-0.4, -0.2) is 34.9 Å². The summed E-state index contributed by atoms with van der Waals surface area (Å²) in [7, 11) is 0. The molecule has 17 heavy (non-hydrogen) atoms. The van der Waals surface area contributed by atoms with Gasteiger partial charge in [0.1, 0.15) is 0 Å². The summed E-state index contributed by atoms with van der Waals surface area (Å²) < 4.78 is 5.37. The van der Waals surface area contributed by atoms with Gasteiger partial charge in [0.25, 0.3) is 5.91 Å². The maximum Gasteiger partial charge on any atom is 0.272 e. The average Bonchev–Trinajstić information content (AvgIpc) is 2.30. The summed E-state index contributed by atoms with van der Waals surface area (Å²) in [5.74, 6) is -0.248. The first-order valence-electron chi connectivity index (χ1n) is 5.49. The van der Waals surface area contributed by atoms with Crippen molar-refractivity contribution in [3.8, 4) is 0 Å². The van der Waals surface area contributed by atoms with Crippen LogP contribution in [0.3, 0.4) is 0 Å². The standard InChI is InChI=1S/C11H14ClN3O2/c1-11(5-2-6-17-7-11)13-10(16)8-3-4-9(12)15-14-8/h3-4H,2,5-7H2,1H3,(H,13,16). The number of hydrogen-bond acceptors (Lipinski definition) is 4. The van der Waals surface area contributed by atoms with Crippen LogP contribution < -0.4 is 5.32 Å². The Balaban J connectivity index is 2.03. The van der Waals surface area contributed by atoms with Crippen molar-refractivity contribution in [2.24, 2.45) is 0 Å². The highest BCUT2D eigenvalue weighted by molar-refractivity contribution is 6.29. The third-order valence-corrected chi connectivity index (χ3v) is 2.92. The van der Waals surface area contributed by atoms with E-state index in [2.05, 4.69) is 15.5 Å². The third-order valence-electron chi connectivity index (χ3n) is 2.72. The van der Waals surface area contributed by atoms with E-state index in [1.165, 1.54) is 0 Å². The second-order valence-electron chi connectivity index (χ2n) is 4.41. The molecule has 1 aliphatic heterocycles. The Bertz CT molecular complexity index is 402. The number of aromatic nitrogens is 2. The lowest BCUT2D eigenvalue weighted by Crippen LogP contribution is -2.51. The lowest BCUT2D eigenvalue weighted by atomic mass is 9.95. The van der Waals surface area contributed by atoms with Gasteiger partial charge in [-0.1, -0.05) is 11.6 Å². The van der Waals surface area contributed by atoms with Crippen molar-refractivity contribution in [1.29, 1.82) is 0 Å². The Labute approximate surface area is 105 Å². The molecule has 1 saturated heterocycles. The van der Waals surface area contributed by atoms with Gasteiger partial charge in [-0.3, -0.25) is 4.79 Å². The fourth-order valence-corrected chi connectivity index (χ4v) is 1.91. The zero-order chi connectivity index (χ0) is 12.3. The molecule has 92 valence electrons. The number of nitrogens with one attached hydrogen (secondary N) is 1. The van der Waals surface area contributed by atoms with Gasteiger partial charge >= 0.3 is 0 Å². The summed E-state index contributed by atoms with van der Waals surface area (Å²) in [6.07, 6.45) is 1.85. The molecule has 0 aromatic carbocycles. The van der Waals surface area contributed by atoms with Crippen LogP contribution in [0.5, 0.6) is 0 Å². The lowest BCUT2D eigenvalue weighted by Gasteiger charge is -2.34. The third kappa shape index (κ3) is 3.14. The lowest BCUT2D eigenvalue weighted by molar-refractivity contribution is 0.0271. The predicted octanol–water partition coefficient (Wildman–Crippen LogP) is 1.43. The first kappa shape index (κ1) is 12.3. The molecule has 1 fully saturated rings. The molecule has 0 aliphatic carbocycles. The normalized spacial score (nSPS) is 24.4. The minimum atomic E-state index is -0.323. The van der Waals surface area contributed by atoms with E-state index in [-0.39, 0.29) is 22.3 Å². The van der Waals surface area contributed by atoms with E-state index in [4.69, 9.17) is 16.3 Å². The fourth-order valence-electron chi connectivity index (χ4n) is 1.81. The minimum absolute atomic E-state index is 0.248. The van der Waals surface area contributed by atoms with E-state index in [0.29, 0.717) is 6.61 Å². The molecule has 2 heterocycles. The summed E-state index contributed by atoms with van der Waals surface area (Å²) in [4.78, 5) is 11.9. The van der Waals surface area contributed by atoms with Gasteiger partial charge in [-0.15, -0.1) is 10.2 Å². The Morgan fingerprint density at radius 1 is 1.53 bits per heavy atom. The molecule has 0 spiro atoms. The van der Waals surface area contributed by atoms with Crippen LogP contribution in [-0.2, 0) is 4.74 Å². The number of carbonyl (C=O) groups is 1. The molecule has 5 nitrogen and oxygen atoms in total. The van der Waals surface area contributed by atoms with Gasteiger partial charge in [0.05, 0.1) is 12.1 Å². The van der Waals surface area contributed by atoms with Crippen molar-refractivity contribution in [1.82, 2.24) is 15.5 Å². The molecule has 0 saturated carbocycles. The molecule has 1 atom stereocenters. The number of hydrogen-bond donors (Lipinski definition) is 1. The van der Waals surface area contributed by atoms with Crippen LogP contribution >= 0.6 is 11.6 Å². The average molecular weight is 256 g/mol. The van der Waals surface area contributed by atoms with Crippen LogP contribution in [0.1, 0.15) is 30.3 Å². The van der Waals surface area contributed by atoms with E-state index in [0.717, 1.165) is 19.4 Å². The number of ether oxygens (including phenoxy) is 1. The Kier molecular flexibility index (Phi) is 3.59. The second kappa shape index (κ2) is 4.98. The molecular formula is C11H14ClN3O2. The van der Waals surface area contributed by atoms with E-state index in [1.54, 1.807) is 12.1 Å². The molecule has 1 aliphatic rings. The first-order chi connectivity index (χ1) is 8.09. The number of halogens is 1. The second-order valence-corrected chi connectivity index (χ2v) is 4.80. The van der Waals surface area contributed by atoms with E-state index >= 15 is 0 Å². The zero-order valence-corrected chi connectivity index (χ0v) is 10.3. The summed E-state index contributed by atoms with van der Waals surface area (Å²) in [5, 5.41) is 10.6. The molecular weight excluding hydrogens is 242 g/mol. The van der Waals surface area contributed by atoms with Gasteiger partial charge in [0.15, 0.2) is 10.8 Å². The molecule has 1 amide bonds. The number of amides is 1. The van der Waals surface area contributed by atoms with Gasteiger partial charge in [-0.2, -0.15) is 0 Å². The summed E-state index contributed by atoms with van der Waals surface area (Å²) in [6, 6.07) is 3.10. The number of rotatable bonds is 2. The zero-order valence-electron chi connectivity index (χ0n) is 9.57. The van der Waals surface area contributed by atoms with Gasteiger partial charge in [-0.05, 0) is 31.9 Å². The largest absolute Gasteiger partial charge is 0.379 e. The van der Waals surface area contributed by atoms with Gasteiger partial charge in [0, 0.05) is 6.61 Å². The number of carbonyl (C=O) groups excluding carboxylic acids is 1. The topological polar surface area (TPSA) is 64.1 Å². The highest BCUT2D eigenvalue weighted by Gasteiger charge is 2.29. The summed E-state index contributed by atoms with van der Waals surface area (Å²) in [6.45, 7) is 3.25. The maximum absolute atomic E-state index is 11.9. The fraction of sp³-hybridized carbons (Fsp3) is 0.545. The van der Waals surface area contributed by atoms with Crippen molar-refractivity contribution in [2.75, 3.05) is 13.2 Å². The number of nitrogens with zero attached hydrogens (tertiary/aromatic N) is 2. The van der Waals surface area contributed by atoms with Crippen LogP contribution in [0.4, 0.5) is 0 Å². The molecule has 2 rings (SSSR count). The minimum Gasteiger partial charge on any atom is -0.379 e. The smallest absolute Gasteiger partial charge is 0.272 e. The van der Waals surface area contributed by atoms with E-state index in [9.17, 15) is 4.79 Å². The molecule has 1 aromatic rings. The van der Waals surface area contributed by atoms with Crippen molar-refractivity contribution in [2.45, 2.75) is 25.3 Å². The van der Waals surface area contributed by atoms with Gasteiger partial charge in [0.2, 0.25) is 0 Å². The van der Waals surface area contributed by atoms with Crippen molar-refractivity contribution in [3.63, 3.8) is 0 Å². The van der Waals surface area contributed by atoms with E-state index in [1.807, 2.05) is 6.92 Å². The Morgan fingerprint density at radius 2 is 2.35 bits per heavy atom. The van der Waals surface area contributed by atoms with Crippen molar-refractivity contribution < 1.29 is 9.53 Å². The highest BCUT2D eigenvalue weighted by atomic mass is 35.5. The van der Waals surface area contributed by atoms with Crippen molar-refractivity contribution >= 4 is 17.5 Å². The van der Waals surface area contributed by atoms with E-state index < -0.39 is 0 Å². The maximum atomic E-state index is 11.9. The van der Waals surface area contributed by atoms with Gasteiger partial charge < -0.3 is 10.1 Å². The van der Waals surface area contributed by atoms with Crippen LogP contribution in [0.25, 0.3) is 0 Å². The molecule has 0 radical (unpaired) electrons. The summed E-state index contributed by atoms with van der Waals surface area (Å²) >= 11 is 5.61. The van der Waals surface area contributed by atoms with Crippen LogP contribution in [0.2, 0.25) is 5.15 Å². The predicted molar refractivity (Wildman–Crippen MR) is 63.0 cm³/mol.